The van der Waals surface area contributed by atoms with E-state index >= 15 is 0 Å². The molecule has 1 aromatic heterocycles. The molecule has 1 saturated carbocycles. The minimum Gasteiger partial charge on any atom is -0.336 e. The van der Waals surface area contributed by atoms with E-state index in [0.717, 1.165) is 47.4 Å². The van der Waals surface area contributed by atoms with Gasteiger partial charge >= 0.3 is 6.03 Å². The first-order valence-electron chi connectivity index (χ1n) is 9.43. The molecule has 1 spiro atoms. The van der Waals surface area contributed by atoms with Crippen LogP contribution in [0.5, 0.6) is 0 Å². The topological polar surface area (TPSA) is 102 Å². The number of thiophene rings is 1. The van der Waals surface area contributed by atoms with Gasteiger partial charge in [-0.25, -0.2) is 4.79 Å². The fourth-order valence-electron chi connectivity index (χ4n) is 4.56. The third-order valence-electron chi connectivity index (χ3n) is 5.94. The number of hydrogen-bond acceptors (Lipinski definition) is 5. The minimum atomic E-state index is -1.04. The first kappa shape index (κ1) is 18.0. The Bertz CT molecular complexity index is 836. The molecular weight excluding hydrogens is 364 g/mol. The van der Waals surface area contributed by atoms with Crippen molar-refractivity contribution in [3.8, 4) is 6.07 Å². The number of carbonyl (C=O) groups is 3. The van der Waals surface area contributed by atoms with Gasteiger partial charge in [-0.15, -0.1) is 11.3 Å². The highest BCUT2D eigenvalue weighted by molar-refractivity contribution is 7.10. The Hall–Kier alpha value is -2.40. The van der Waals surface area contributed by atoms with Crippen molar-refractivity contribution in [1.82, 2.24) is 15.5 Å². The maximum atomic E-state index is 13.1. The number of aryl methyl sites for hydroxylation is 1. The van der Waals surface area contributed by atoms with Gasteiger partial charge in [0.05, 0.1) is 6.07 Å². The summed E-state index contributed by atoms with van der Waals surface area (Å²) in [5.74, 6) is -0.822. The number of fused-ring (bicyclic) bond motifs is 2. The molecule has 2 heterocycles. The number of rotatable bonds is 3. The van der Waals surface area contributed by atoms with Crippen LogP contribution < -0.4 is 10.6 Å². The monoisotopic (exact) mass is 386 g/mol. The Morgan fingerprint density at radius 3 is 2.78 bits per heavy atom. The first-order valence-corrected chi connectivity index (χ1v) is 10.3. The number of nitriles is 1. The van der Waals surface area contributed by atoms with Crippen LogP contribution in [0.2, 0.25) is 0 Å². The second-order valence-corrected chi connectivity index (χ2v) is 8.64. The van der Waals surface area contributed by atoms with Gasteiger partial charge in [0.25, 0.3) is 5.91 Å². The third-order valence-corrected chi connectivity index (χ3v) is 6.92. The molecule has 142 valence electrons. The second-order valence-electron chi connectivity index (χ2n) is 7.64. The van der Waals surface area contributed by atoms with Crippen LogP contribution in [0.3, 0.4) is 0 Å². The number of amides is 4. The molecule has 3 aliphatic rings. The number of imide groups is 1. The summed E-state index contributed by atoms with van der Waals surface area (Å²) in [6, 6.07) is 3.59. The van der Waals surface area contributed by atoms with Crippen molar-refractivity contribution < 1.29 is 14.4 Å². The Labute approximate surface area is 161 Å². The summed E-state index contributed by atoms with van der Waals surface area (Å²) >= 11 is 1.59. The van der Waals surface area contributed by atoms with Crippen LogP contribution in [-0.4, -0.2) is 34.8 Å². The number of hydrogen-bond donors (Lipinski definition) is 2. The SMILES string of the molecule is N#CC1(NC(=O)CN2C(=O)N[C@@]3(CCCc4sccc43)C2=O)CCCCC1. The maximum Gasteiger partial charge on any atom is 0.325 e. The van der Waals surface area contributed by atoms with E-state index in [1.54, 1.807) is 11.3 Å². The highest BCUT2D eigenvalue weighted by Crippen LogP contribution is 2.42. The molecule has 4 amide bonds. The lowest BCUT2D eigenvalue weighted by molar-refractivity contribution is -0.136. The van der Waals surface area contributed by atoms with E-state index in [1.165, 1.54) is 0 Å². The zero-order valence-electron chi connectivity index (χ0n) is 15.0. The Kier molecular flexibility index (Phi) is 4.42. The van der Waals surface area contributed by atoms with Gasteiger partial charge in [-0.2, -0.15) is 5.26 Å². The van der Waals surface area contributed by atoms with E-state index in [4.69, 9.17) is 0 Å². The van der Waals surface area contributed by atoms with E-state index in [2.05, 4.69) is 16.7 Å². The van der Waals surface area contributed by atoms with Gasteiger partial charge in [0, 0.05) is 10.4 Å². The molecule has 0 bridgehead atoms. The second kappa shape index (κ2) is 6.64. The smallest absolute Gasteiger partial charge is 0.325 e. The van der Waals surface area contributed by atoms with Gasteiger partial charge in [0.2, 0.25) is 5.91 Å². The van der Waals surface area contributed by atoms with Crippen molar-refractivity contribution in [1.29, 1.82) is 5.26 Å². The van der Waals surface area contributed by atoms with E-state index in [9.17, 15) is 19.6 Å². The third kappa shape index (κ3) is 2.90. The quantitative estimate of drug-likeness (QED) is 0.777. The summed E-state index contributed by atoms with van der Waals surface area (Å²) in [5.41, 5.74) is -1.05. The Morgan fingerprint density at radius 2 is 2.04 bits per heavy atom. The summed E-state index contributed by atoms with van der Waals surface area (Å²) in [7, 11) is 0. The van der Waals surface area contributed by atoms with Crippen LogP contribution in [0.15, 0.2) is 11.4 Å². The van der Waals surface area contributed by atoms with Crippen molar-refractivity contribution in [2.45, 2.75) is 62.4 Å². The Balaban J connectivity index is 1.51. The van der Waals surface area contributed by atoms with Crippen LogP contribution in [0, 0.1) is 11.3 Å². The zero-order chi connectivity index (χ0) is 19.1. The molecule has 1 saturated heterocycles. The fraction of sp³-hybridized carbons (Fsp3) is 0.579. The molecule has 2 fully saturated rings. The van der Waals surface area contributed by atoms with E-state index in [0.29, 0.717) is 19.3 Å². The molecule has 2 N–H and O–H groups in total. The highest BCUT2D eigenvalue weighted by atomic mass is 32.1. The van der Waals surface area contributed by atoms with Gasteiger partial charge in [-0.3, -0.25) is 14.5 Å². The summed E-state index contributed by atoms with van der Waals surface area (Å²) in [5, 5.41) is 17.1. The molecule has 1 aromatic rings. The van der Waals surface area contributed by atoms with Crippen molar-refractivity contribution in [2.24, 2.45) is 0 Å². The van der Waals surface area contributed by atoms with Crippen LogP contribution in [-0.2, 0) is 21.5 Å². The predicted molar refractivity (Wildman–Crippen MR) is 98.8 cm³/mol. The normalized spacial score (nSPS) is 26.4. The minimum absolute atomic E-state index is 0.352. The number of carbonyl (C=O) groups excluding carboxylic acids is 3. The molecule has 0 aromatic carbocycles. The summed E-state index contributed by atoms with van der Waals surface area (Å²) in [6.07, 6.45) is 6.32. The van der Waals surface area contributed by atoms with Gasteiger partial charge < -0.3 is 10.6 Å². The van der Waals surface area contributed by atoms with Gasteiger partial charge in [-0.05, 0) is 43.6 Å². The highest BCUT2D eigenvalue weighted by Gasteiger charge is 2.54. The summed E-state index contributed by atoms with van der Waals surface area (Å²) in [6.45, 7) is -0.352. The van der Waals surface area contributed by atoms with Crippen molar-refractivity contribution in [3.05, 3.63) is 21.9 Å². The average Bonchev–Trinajstić information content (AvgIpc) is 3.23. The van der Waals surface area contributed by atoms with Crippen LogP contribution in [0.25, 0.3) is 0 Å². The lowest BCUT2D eigenvalue weighted by Crippen LogP contribution is -2.52. The van der Waals surface area contributed by atoms with E-state index in [-0.39, 0.29) is 12.5 Å². The van der Waals surface area contributed by atoms with Crippen LogP contribution >= 0.6 is 11.3 Å². The van der Waals surface area contributed by atoms with Crippen molar-refractivity contribution in [3.63, 3.8) is 0 Å². The maximum absolute atomic E-state index is 13.1. The van der Waals surface area contributed by atoms with Crippen LogP contribution in [0.4, 0.5) is 4.79 Å². The summed E-state index contributed by atoms with van der Waals surface area (Å²) in [4.78, 5) is 40.3. The number of nitrogens with one attached hydrogen (secondary N) is 2. The van der Waals surface area contributed by atoms with E-state index in [1.807, 2.05) is 11.4 Å². The lowest BCUT2D eigenvalue weighted by Gasteiger charge is -2.32. The largest absolute Gasteiger partial charge is 0.336 e. The standard InChI is InChI=1S/C19H22N4O3S/c20-12-18(7-2-1-3-8-18)21-15(24)11-23-16(25)19(22-17(23)26)9-4-5-14-13(19)6-10-27-14/h6,10H,1-5,7-9,11H2,(H,21,24)(H,22,26)/t19-/m1/s1. The number of nitrogens with zero attached hydrogens (tertiary/aromatic N) is 2. The van der Waals surface area contributed by atoms with Crippen molar-refractivity contribution >= 4 is 29.2 Å². The molecule has 4 rings (SSSR count). The molecule has 0 unspecified atom stereocenters. The Morgan fingerprint density at radius 1 is 1.26 bits per heavy atom. The fourth-order valence-corrected chi connectivity index (χ4v) is 5.55. The predicted octanol–water partition coefficient (Wildman–Crippen LogP) is 2.17. The van der Waals surface area contributed by atoms with Gasteiger partial charge in [0.15, 0.2) is 0 Å². The summed E-state index contributed by atoms with van der Waals surface area (Å²) < 4.78 is 0. The molecule has 1 aliphatic heterocycles. The molecule has 27 heavy (non-hydrogen) atoms. The number of urea groups is 1. The van der Waals surface area contributed by atoms with E-state index < -0.39 is 23.0 Å². The molecule has 8 heteroatoms. The molecular formula is C19H22N4O3S. The first-order chi connectivity index (χ1) is 13.0. The molecule has 0 radical (unpaired) electrons. The van der Waals surface area contributed by atoms with Gasteiger partial charge in [-0.1, -0.05) is 19.3 Å². The molecule has 1 atom stereocenters. The average molecular weight is 386 g/mol. The molecule has 7 nitrogen and oxygen atoms in total. The lowest BCUT2D eigenvalue weighted by atomic mass is 9.80. The van der Waals surface area contributed by atoms with Crippen LogP contribution in [0.1, 0.15) is 55.4 Å². The van der Waals surface area contributed by atoms with Crippen molar-refractivity contribution in [2.75, 3.05) is 6.54 Å². The molecule has 2 aliphatic carbocycles. The zero-order valence-corrected chi connectivity index (χ0v) is 15.9. The van der Waals surface area contributed by atoms with Gasteiger partial charge in [0.1, 0.15) is 17.6 Å².